The van der Waals surface area contributed by atoms with Crippen LogP contribution in [0.5, 0.6) is 0 Å². The number of rotatable bonds is 7. The third-order valence-electron chi connectivity index (χ3n) is 5.63. The van der Waals surface area contributed by atoms with Gasteiger partial charge in [-0.05, 0) is 69.2 Å². The van der Waals surface area contributed by atoms with Crippen LogP contribution in [0.15, 0.2) is 42.5 Å². The fourth-order valence-corrected chi connectivity index (χ4v) is 3.99. The summed E-state index contributed by atoms with van der Waals surface area (Å²) in [5.74, 6) is -0.485. The summed E-state index contributed by atoms with van der Waals surface area (Å²) in [4.78, 5) is 26.3. The van der Waals surface area contributed by atoms with E-state index in [1.54, 1.807) is 18.2 Å². The highest BCUT2D eigenvalue weighted by Crippen LogP contribution is 2.28. The number of benzene rings is 2. The number of urea groups is 1. The summed E-state index contributed by atoms with van der Waals surface area (Å²) in [6.07, 6.45) is 4.82. The SMILES string of the molecule is NC(=O)c1ccc2[nH]nc(-c3cccc(NC(=O)NCCCN4CCCCC4)c3)c2c1. The fourth-order valence-electron chi connectivity index (χ4n) is 3.99. The van der Waals surface area contributed by atoms with Crippen molar-refractivity contribution in [2.45, 2.75) is 25.7 Å². The van der Waals surface area contributed by atoms with Gasteiger partial charge in [0, 0.05) is 28.7 Å². The first-order valence-corrected chi connectivity index (χ1v) is 10.8. The molecule has 1 aliphatic heterocycles. The number of likely N-dealkylation sites (tertiary alicyclic amines) is 1. The maximum atomic E-state index is 12.3. The molecule has 2 aromatic carbocycles. The van der Waals surface area contributed by atoms with Crippen molar-refractivity contribution in [1.82, 2.24) is 20.4 Å². The quantitative estimate of drug-likeness (QED) is 0.439. The lowest BCUT2D eigenvalue weighted by molar-refractivity contribution is 0.100. The van der Waals surface area contributed by atoms with E-state index >= 15 is 0 Å². The Balaban J connectivity index is 1.37. The van der Waals surface area contributed by atoms with Crippen molar-refractivity contribution in [1.29, 1.82) is 0 Å². The van der Waals surface area contributed by atoms with Crippen molar-refractivity contribution in [2.24, 2.45) is 5.73 Å². The molecular weight excluding hydrogens is 392 g/mol. The molecule has 1 aromatic heterocycles. The van der Waals surface area contributed by atoms with Crippen LogP contribution in [0.2, 0.25) is 0 Å². The first-order valence-electron chi connectivity index (χ1n) is 10.8. The molecule has 0 radical (unpaired) electrons. The van der Waals surface area contributed by atoms with Crippen molar-refractivity contribution in [3.8, 4) is 11.3 Å². The maximum Gasteiger partial charge on any atom is 0.319 e. The first kappa shape index (κ1) is 20.9. The second kappa shape index (κ2) is 9.61. The number of carbonyl (C=O) groups is 2. The van der Waals surface area contributed by atoms with E-state index < -0.39 is 5.91 Å². The van der Waals surface area contributed by atoms with E-state index in [1.807, 2.05) is 24.3 Å². The number of amides is 3. The van der Waals surface area contributed by atoms with Crippen LogP contribution in [-0.4, -0.2) is 53.2 Å². The van der Waals surface area contributed by atoms with Crippen molar-refractivity contribution >= 4 is 28.5 Å². The number of nitrogens with zero attached hydrogens (tertiary/aromatic N) is 2. The highest BCUT2D eigenvalue weighted by molar-refractivity contribution is 6.01. The van der Waals surface area contributed by atoms with Gasteiger partial charge in [-0.1, -0.05) is 18.6 Å². The zero-order chi connectivity index (χ0) is 21.6. The molecule has 1 fully saturated rings. The largest absolute Gasteiger partial charge is 0.366 e. The topological polar surface area (TPSA) is 116 Å². The van der Waals surface area contributed by atoms with Crippen LogP contribution in [0.3, 0.4) is 0 Å². The summed E-state index contributed by atoms with van der Waals surface area (Å²) in [5.41, 5.74) is 8.84. The Hall–Kier alpha value is -3.39. The van der Waals surface area contributed by atoms with E-state index in [0.717, 1.165) is 29.4 Å². The number of carbonyl (C=O) groups excluding carboxylic acids is 2. The highest BCUT2D eigenvalue weighted by Gasteiger charge is 2.12. The Kier molecular flexibility index (Phi) is 6.47. The number of aromatic nitrogens is 2. The Bertz CT molecular complexity index is 1070. The predicted molar refractivity (Wildman–Crippen MR) is 122 cm³/mol. The van der Waals surface area contributed by atoms with Crippen molar-refractivity contribution in [3.63, 3.8) is 0 Å². The minimum absolute atomic E-state index is 0.223. The molecule has 0 spiro atoms. The molecule has 8 nitrogen and oxygen atoms in total. The van der Waals surface area contributed by atoms with Gasteiger partial charge in [0.2, 0.25) is 5.91 Å². The first-order chi connectivity index (χ1) is 15.1. The van der Waals surface area contributed by atoms with Gasteiger partial charge in [0.1, 0.15) is 0 Å². The van der Waals surface area contributed by atoms with E-state index in [9.17, 15) is 9.59 Å². The van der Waals surface area contributed by atoms with Crippen LogP contribution >= 0.6 is 0 Å². The predicted octanol–water partition coefficient (Wildman–Crippen LogP) is 3.33. The summed E-state index contributed by atoms with van der Waals surface area (Å²) in [7, 11) is 0. The second-order valence-electron chi connectivity index (χ2n) is 7.91. The molecule has 0 unspecified atom stereocenters. The average molecular weight is 421 g/mol. The van der Waals surface area contributed by atoms with E-state index in [0.29, 0.717) is 23.5 Å². The van der Waals surface area contributed by atoms with E-state index in [4.69, 9.17) is 5.73 Å². The molecule has 0 saturated carbocycles. The molecule has 5 N–H and O–H groups in total. The minimum atomic E-state index is -0.485. The zero-order valence-electron chi connectivity index (χ0n) is 17.5. The number of aromatic amines is 1. The number of anilines is 1. The average Bonchev–Trinajstić information content (AvgIpc) is 3.21. The van der Waals surface area contributed by atoms with E-state index in [2.05, 4.69) is 25.7 Å². The Morgan fingerprint density at radius 2 is 1.94 bits per heavy atom. The monoisotopic (exact) mass is 420 g/mol. The van der Waals surface area contributed by atoms with Crippen LogP contribution in [-0.2, 0) is 0 Å². The molecular formula is C23H28N6O2. The lowest BCUT2D eigenvalue weighted by atomic mass is 10.0. The normalized spacial score (nSPS) is 14.5. The summed E-state index contributed by atoms with van der Waals surface area (Å²) in [6.45, 7) is 4.00. The number of fused-ring (bicyclic) bond motifs is 1. The summed E-state index contributed by atoms with van der Waals surface area (Å²) >= 11 is 0. The van der Waals surface area contributed by atoms with Gasteiger partial charge in [0.05, 0.1) is 11.2 Å². The van der Waals surface area contributed by atoms with Crippen LogP contribution < -0.4 is 16.4 Å². The molecule has 4 rings (SSSR count). The van der Waals surface area contributed by atoms with Crippen molar-refractivity contribution in [2.75, 3.05) is 31.5 Å². The highest BCUT2D eigenvalue weighted by atomic mass is 16.2. The van der Waals surface area contributed by atoms with Crippen molar-refractivity contribution < 1.29 is 9.59 Å². The maximum absolute atomic E-state index is 12.3. The molecule has 2 heterocycles. The summed E-state index contributed by atoms with van der Waals surface area (Å²) < 4.78 is 0. The van der Waals surface area contributed by atoms with Crippen LogP contribution in [0.1, 0.15) is 36.0 Å². The summed E-state index contributed by atoms with van der Waals surface area (Å²) in [5, 5.41) is 14.0. The molecule has 0 bridgehead atoms. The molecule has 3 amide bonds. The molecule has 3 aromatic rings. The Morgan fingerprint density at radius 3 is 2.74 bits per heavy atom. The third-order valence-corrected chi connectivity index (χ3v) is 5.63. The van der Waals surface area contributed by atoms with Gasteiger partial charge in [0.25, 0.3) is 0 Å². The van der Waals surface area contributed by atoms with Gasteiger partial charge in [-0.25, -0.2) is 4.79 Å². The lowest BCUT2D eigenvalue weighted by Gasteiger charge is -2.26. The third kappa shape index (κ3) is 5.21. The Morgan fingerprint density at radius 1 is 1.10 bits per heavy atom. The van der Waals surface area contributed by atoms with Gasteiger partial charge < -0.3 is 21.3 Å². The lowest BCUT2D eigenvalue weighted by Crippen LogP contribution is -2.34. The van der Waals surface area contributed by atoms with Gasteiger partial charge in [-0.3, -0.25) is 9.89 Å². The number of H-pyrrole nitrogens is 1. The number of nitrogens with two attached hydrogens (primary N) is 1. The van der Waals surface area contributed by atoms with E-state index in [-0.39, 0.29) is 6.03 Å². The molecule has 31 heavy (non-hydrogen) atoms. The molecule has 8 heteroatoms. The zero-order valence-corrected chi connectivity index (χ0v) is 17.5. The smallest absolute Gasteiger partial charge is 0.319 e. The number of hydrogen-bond donors (Lipinski definition) is 4. The second-order valence-corrected chi connectivity index (χ2v) is 7.91. The molecule has 0 atom stereocenters. The number of hydrogen-bond acceptors (Lipinski definition) is 4. The van der Waals surface area contributed by atoms with Crippen LogP contribution in [0.25, 0.3) is 22.2 Å². The number of piperidine rings is 1. The molecule has 1 saturated heterocycles. The fraction of sp³-hybridized carbons (Fsp3) is 0.348. The van der Waals surface area contributed by atoms with Crippen LogP contribution in [0.4, 0.5) is 10.5 Å². The van der Waals surface area contributed by atoms with Gasteiger partial charge in [0.15, 0.2) is 0 Å². The molecule has 1 aliphatic rings. The standard InChI is InChI=1S/C23H28N6O2/c24-22(30)17-8-9-20-19(15-17)21(28-27-20)16-6-4-7-18(14-16)26-23(31)25-10-5-13-29-11-2-1-3-12-29/h4,6-9,14-15H,1-3,5,10-13H2,(H2,24,30)(H,27,28)(H2,25,26,31). The number of primary amides is 1. The van der Waals surface area contributed by atoms with Gasteiger partial charge in [-0.2, -0.15) is 5.10 Å². The molecule has 0 aliphatic carbocycles. The molecule has 162 valence electrons. The minimum Gasteiger partial charge on any atom is -0.366 e. The van der Waals surface area contributed by atoms with E-state index in [1.165, 1.54) is 32.4 Å². The van der Waals surface area contributed by atoms with Crippen molar-refractivity contribution in [3.05, 3.63) is 48.0 Å². The van der Waals surface area contributed by atoms with Gasteiger partial charge in [-0.15, -0.1) is 0 Å². The Labute approximate surface area is 181 Å². The van der Waals surface area contributed by atoms with Gasteiger partial charge >= 0.3 is 6.03 Å². The van der Waals surface area contributed by atoms with Crippen LogP contribution in [0, 0.1) is 0 Å². The summed E-state index contributed by atoms with van der Waals surface area (Å²) in [6, 6.07) is 12.4. The number of nitrogens with one attached hydrogen (secondary N) is 3.